The first-order chi connectivity index (χ1) is 19.8. The van der Waals surface area contributed by atoms with Crippen molar-refractivity contribution in [2.75, 3.05) is 39.0 Å². The van der Waals surface area contributed by atoms with Gasteiger partial charge < -0.3 is 34.9 Å². The number of aromatic nitrogens is 3. The zero-order valence-corrected chi connectivity index (χ0v) is 24.1. The summed E-state index contributed by atoms with van der Waals surface area (Å²) >= 11 is 6.41. The second-order valence-corrected chi connectivity index (χ2v) is 10.3. The zero-order valence-electron chi connectivity index (χ0n) is 23.4. The molecule has 41 heavy (non-hydrogen) atoms. The lowest BCUT2D eigenvalue weighted by Gasteiger charge is -2.36. The summed E-state index contributed by atoms with van der Waals surface area (Å²) in [5.74, 6) is 2.08. The number of fused-ring (bicyclic) bond motifs is 1. The quantitative estimate of drug-likeness (QED) is 0.204. The maximum absolute atomic E-state index is 13.3. The number of ether oxygens (including phenoxy) is 4. The van der Waals surface area contributed by atoms with Gasteiger partial charge in [-0.15, -0.1) is 0 Å². The number of hydrogen-bond donors (Lipinski definition) is 2. The van der Waals surface area contributed by atoms with Crippen molar-refractivity contribution < 1.29 is 23.7 Å². The number of imidazole rings is 1. The molecule has 0 unspecified atom stereocenters. The molecular weight excluding hydrogens is 548 g/mol. The van der Waals surface area contributed by atoms with Crippen LogP contribution in [0.5, 0.6) is 17.2 Å². The van der Waals surface area contributed by atoms with Gasteiger partial charge in [0, 0.05) is 43.0 Å². The van der Waals surface area contributed by atoms with E-state index in [-0.39, 0.29) is 23.3 Å². The number of pyridine rings is 1. The van der Waals surface area contributed by atoms with E-state index < -0.39 is 0 Å². The molecule has 11 nitrogen and oxygen atoms in total. The minimum atomic E-state index is -0.350. The smallest absolute Gasteiger partial charge is 0.328 e. The van der Waals surface area contributed by atoms with Gasteiger partial charge in [0.2, 0.25) is 0 Å². The molecule has 1 amide bonds. The summed E-state index contributed by atoms with van der Waals surface area (Å²) in [6, 6.07) is 12.4. The molecule has 0 spiro atoms. The van der Waals surface area contributed by atoms with E-state index in [1.54, 1.807) is 33.5 Å². The molecule has 5 rings (SSSR count). The van der Waals surface area contributed by atoms with Crippen LogP contribution in [0.25, 0.3) is 11.2 Å². The van der Waals surface area contributed by atoms with E-state index in [4.69, 9.17) is 36.3 Å². The van der Waals surface area contributed by atoms with Crippen molar-refractivity contribution in [3.05, 3.63) is 65.1 Å². The van der Waals surface area contributed by atoms with Gasteiger partial charge in [0.15, 0.2) is 5.65 Å². The SMILES string of the molecule is COc1cc(N)cc(CO[C@@H]2CC[C@H]2NC(=O)n2cnc3c(N(C)Cc4ccc(OC)cc4OC)cc(Cl)nc32)c1. The minimum Gasteiger partial charge on any atom is -0.497 e. The number of nitrogens with one attached hydrogen (secondary N) is 1. The molecule has 0 bridgehead atoms. The zero-order chi connectivity index (χ0) is 29.1. The Bertz CT molecular complexity index is 1560. The van der Waals surface area contributed by atoms with Gasteiger partial charge in [0.05, 0.1) is 45.8 Å². The molecule has 0 saturated heterocycles. The first kappa shape index (κ1) is 28.3. The van der Waals surface area contributed by atoms with Crippen LogP contribution in [0.3, 0.4) is 0 Å². The fourth-order valence-electron chi connectivity index (χ4n) is 4.86. The number of hydrogen-bond acceptors (Lipinski definition) is 9. The molecule has 1 saturated carbocycles. The fourth-order valence-corrected chi connectivity index (χ4v) is 5.04. The molecule has 0 radical (unpaired) electrons. The number of nitrogens with zero attached hydrogens (tertiary/aromatic N) is 4. The maximum Gasteiger partial charge on any atom is 0.328 e. The average Bonchev–Trinajstić information content (AvgIpc) is 3.38. The number of amides is 1. The second-order valence-electron chi connectivity index (χ2n) is 9.88. The van der Waals surface area contributed by atoms with E-state index in [2.05, 4.69) is 15.3 Å². The van der Waals surface area contributed by atoms with Crippen LogP contribution < -0.4 is 30.2 Å². The van der Waals surface area contributed by atoms with E-state index in [0.29, 0.717) is 47.3 Å². The molecule has 4 aromatic rings. The Labute approximate surface area is 243 Å². The van der Waals surface area contributed by atoms with Crippen molar-refractivity contribution in [1.82, 2.24) is 19.9 Å². The summed E-state index contributed by atoms with van der Waals surface area (Å²) in [4.78, 5) is 24.2. The predicted octanol–water partition coefficient (Wildman–Crippen LogP) is 4.63. The van der Waals surface area contributed by atoms with Gasteiger partial charge in [0.25, 0.3) is 0 Å². The number of halogens is 1. The van der Waals surface area contributed by atoms with Crippen LogP contribution in [-0.2, 0) is 17.9 Å². The Hall–Kier alpha value is -4.22. The van der Waals surface area contributed by atoms with Gasteiger partial charge in [-0.3, -0.25) is 0 Å². The normalized spacial score (nSPS) is 16.2. The molecule has 2 heterocycles. The monoisotopic (exact) mass is 580 g/mol. The molecule has 3 N–H and O–H groups in total. The van der Waals surface area contributed by atoms with Gasteiger partial charge in [-0.2, -0.15) is 0 Å². The highest BCUT2D eigenvalue weighted by Gasteiger charge is 2.34. The van der Waals surface area contributed by atoms with Crippen molar-refractivity contribution in [3.8, 4) is 17.2 Å². The van der Waals surface area contributed by atoms with E-state index in [1.165, 1.54) is 10.9 Å². The lowest BCUT2D eigenvalue weighted by Crippen LogP contribution is -2.52. The summed E-state index contributed by atoms with van der Waals surface area (Å²) in [7, 11) is 6.74. The summed E-state index contributed by atoms with van der Waals surface area (Å²) in [6.07, 6.45) is 2.97. The fraction of sp³-hybridized carbons (Fsp3) is 0.345. The van der Waals surface area contributed by atoms with E-state index >= 15 is 0 Å². The molecule has 1 aliphatic rings. The summed E-state index contributed by atoms with van der Waals surface area (Å²) < 4.78 is 23.6. The Kier molecular flexibility index (Phi) is 8.36. The number of nitrogen functional groups attached to an aromatic ring is 1. The first-order valence-electron chi connectivity index (χ1n) is 13.1. The number of benzene rings is 2. The molecule has 12 heteroatoms. The Morgan fingerprint density at radius 1 is 1.10 bits per heavy atom. The lowest BCUT2D eigenvalue weighted by atomic mass is 9.89. The van der Waals surface area contributed by atoms with Gasteiger partial charge in [-0.05, 0) is 42.7 Å². The molecule has 2 aromatic carbocycles. The highest BCUT2D eigenvalue weighted by Crippen LogP contribution is 2.32. The number of carbonyl (C=O) groups excluding carboxylic acids is 1. The van der Waals surface area contributed by atoms with Crippen molar-refractivity contribution >= 4 is 40.2 Å². The predicted molar refractivity (Wildman–Crippen MR) is 157 cm³/mol. The van der Waals surface area contributed by atoms with Gasteiger partial charge in [-0.1, -0.05) is 11.6 Å². The van der Waals surface area contributed by atoms with Crippen molar-refractivity contribution in [2.24, 2.45) is 0 Å². The molecular formula is C29H33ClN6O5. The number of rotatable bonds is 10. The van der Waals surface area contributed by atoms with E-state index in [0.717, 1.165) is 29.7 Å². The van der Waals surface area contributed by atoms with Crippen LogP contribution in [0.2, 0.25) is 5.15 Å². The van der Waals surface area contributed by atoms with Crippen LogP contribution in [0, 0.1) is 0 Å². The van der Waals surface area contributed by atoms with Gasteiger partial charge in [0.1, 0.15) is 34.2 Å². The van der Waals surface area contributed by atoms with Crippen molar-refractivity contribution in [2.45, 2.75) is 38.1 Å². The summed E-state index contributed by atoms with van der Waals surface area (Å²) in [5.41, 5.74) is 10.1. The lowest BCUT2D eigenvalue weighted by molar-refractivity contribution is -0.0323. The highest BCUT2D eigenvalue weighted by molar-refractivity contribution is 6.30. The number of nitrogens with two attached hydrogens (primary N) is 1. The topological polar surface area (TPSA) is 126 Å². The summed E-state index contributed by atoms with van der Waals surface area (Å²) in [6.45, 7) is 0.861. The van der Waals surface area contributed by atoms with Crippen LogP contribution >= 0.6 is 11.6 Å². The second kappa shape index (κ2) is 12.1. The van der Waals surface area contributed by atoms with Crippen LogP contribution in [0.1, 0.15) is 24.0 Å². The van der Waals surface area contributed by atoms with Crippen molar-refractivity contribution in [1.29, 1.82) is 0 Å². The molecule has 2 atom stereocenters. The van der Waals surface area contributed by atoms with Crippen molar-refractivity contribution in [3.63, 3.8) is 0 Å². The van der Waals surface area contributed by atoms with Gasteiger partial charge >= 0.3 is 6.03 Å². The molecule has 1 fully saturated rings. The van der Waals surface area contributed by atoms with Crippen LogP contribution in [0.15, 0.2) is 48.8 Å². The third-order valence-corrected chi connectivity index (χ3v) is 7.39. The van der Waals surface area contributed by atoms with E-state index in [9.17, 15) is 4.79 Å². The third kappa shape index (κ3) is 6.10. The first-order valence-corrected chi connectivity index (χ1v) is 13.5. The number of methoxy groups -OCH3 is 3. The Morgan fingerprint density at radius 3 is 2.61 bits per heavy atom. The number of carbonyl (C=O) groups is 1. The van der Waals surface area contributed by atoms with Crippen LogP contribution in [-0.4, -0.2) is 61.1 Å². The average molecular weight is 581 g/mol. The molecule has 0 aliphatic heterocycles. The third-order valence-electron chi connectivity index (χ3n) is 7.19. The highest BCUT2D eigenvalue weighted by atomic mass is 35.5. The standard InChI is InChI=1S/C29H33ClN6O5/c1-35(14-18-5-6-20(38-2)12-25(18)40-4)23-13-26(30)34-28-27(23)32-16-36(28)29(37)33-22-7-8-24(22)41-15-17-9-19(31)11-21(10-17)39-3/h5-6,9-13,16,22,24H,7-8,14-15,31H2,1-4H3,(H,33,37)/t22-,24-/m1/s1. The number of anilines is 2. The van der Waals surface area contributed by atoms with Gasteiger partial charge in [-0.25, -0.2) is 19.3 Å². The molecule has 2 aromatic heterocycles. The molecule has 1 aliphatic carbocycles. The summed E-state index contributed by atoms with van der Waals surface area (Å²) in [5, 5.41) is 3.30. The van der Waals surface area contributed by atoms with Crippen LogP contribution in [0.4, 0.5) is 16.2 Å². The maximum atomic E-state index is 13.3. The largest absolute Gasteiger partial charge is 0.497 e. The van der Waals surface area contributed by atoms with E-state index in [1.807, 2.05) is 42.3 Å². The Balaban J connectivity index is 1.29. The molecule has 216 valence electrons. The minimum absolute atomic E-state index is 0.126. The Morgan fingerprint density at radius 2 is 1.90 bits per heavy atom.